The minimum atomic E-state index is 0.0778. The van der Waals surface area contributed by atoms with Crippen LogP contribution in [0.15, 0.2) is 42.5 Å². The van der Waals surface area contributed by atoms with Gasteiger partial charge < -0.3 is 14.5 Å². The fourth-order valence-corrected chi connectivity index (χ4v) is 3.24. The molecule has 1 amide bonds. The number of benzene rings is 2. The number of carbonyl (C=O) groups excluding carboxylic acids is 1. The van der Waals surface area contributed by atoms with Crippen LogP contribution in [-0.4, -0.2) is 44.1 Å². The van der Waals surface area contributed by atoms with Crippen molar-refractivity contribution >= 4 is 11.6 Å². The molecule has 1 fully saturated rings. The Kier molecular flexibility index (Phi) is 4.74. The number of carbonyl (C=O) groups is 1. The lowest BCUT2D eigenvalue weighted by Gasteiger charge is -2.36. The van der Waals surface area contributed by atoms with Crippen LogP contribution < -0.4 is 9.64 Å². The van der Waals surface area contributed by atoms with Gasteiger partial charge in [0.25, 0.3) is 5.91 Å². The highest BCUT2D eigenvalue weighted by molar-refractivity contribution is 5.94. The molecule has 1 aliphatic heterocycles. The molecule has 0 saturated carbocycles. The first-order valence-electron chi connectivity index (χ1n) is 8.33. The molecule has 0 spiro atoms. The summed E-state index contributed by atoms with van der Waals surface area (Å²) in [5.41, 5.74) is 4.50. The van der Waals surface area contributed by atoms with E-state index in [1.807, 2.05) is 23.1 Å². The van der Waals surface area contributed by atoms with Gasteiger partial charge in [-0.2, -0.15) is 0 Å². The van der Waals surface area contributed by atoms with Crippen LogP contribution in [0.1, 0.15) is 21.5 Å². The summed E-state index contributed by atoms with van der Waals surface area (Å²) >= 11 is 0. The van der Waals surface area contributed by atoms with E-state index in [0.717, 1.165) is 31.9 Å². The van der Waals surface area contributed by atoms with Gasteiger partial charge in [-0.25, -0.2) is 0 Å². The maximum absolute atomic E-state index is 12.7. The number of methoxy groups -OCH3 is 1. The number of hydrogen-bond donors (Lipinski definition) is 0. The smallest absolute Gasteiger partial charge is 0.254 e. The Morgan fingerprint density at radius 1 is 0.958 bits per heavy atom. The van der Waals surface area contributed by atoms with E-state index in [9.17, 15) is 4.79 Å². The molecule has 126 valence electrons. The van der Waals surface area contributed by atoms with Gasteiger partial charge in [0.15, 0.2) is 0 Å². The summed E-state index contributed by atoms with van der Waals surface area (Å²) < 4.78 is 5.21. The molecule has 0 aromatic heterocycles. The van der Waals surface area contributed by atoms with Crippen LogP contribution in [-0.2, 0) is 0 Å². The molecule has 3 rings (SSSR count). The molecule has 0 radical (unpaired) electrons. The largest absolute Gasteiger partial charge is 0.497 e. The zero-order valence-corrected chi connectivity index (χ0v) is 14.6. The average molecular weight is 324 g/mol. The summed E-state index contributed by atoms with van der Waals surface area (Å²) in [7, 11) is 1.62. The first-order valence-corrected chi connectivity index (χ1v) is 8.33. The second-order valence-corrected chi connectivity index (χ2v) is 6.36. The van der Waals surface area contributed by atoms with Crippen LogP contribution in [0.2, 0.25) is 0 Å². The lowest BCUT2D eigenvalue weighted by atomic mass is 10.1. The van der Waals surface area contributed by atoms with Crippen LogP contribution in [0.4, 0.5) is 5.69 Å². The molecule has 0 N–H and O–H groups in total. The monoisotopic (exact) mass is 324 g/mol. The maximum atomic E-state index is 12.7. The Labute approximate surface area is 143 Å². The van der Waals surface area contributed by atoms with Crippen molar-refractivity contribution < 1.29 is 9.53 Å². The zero-order valence-electron chi connectivity index (χ0n) is 14.6. The average Bonchev–Trinajstić information content (AvgIpc) is 2.60. The fraction of sp³-hybridized carbons (Fsp3) is 0.350. The summed E-state index contributed by atoms with van der Waals surface area (Å²) in [4.78, 5) is 17.0. The number of anilines is 1. The Morgan fingerprint density at radius 2 is 1.62 bits per heavy atom. The normalized spacial score (nSPS) is 14.6. The number of amides is 1. The van der Waals surface area contributed by atoms with Crippen LogP contribution in [0.5, 0.6) is 5.75 Å². The molecule has 4 nitrogen and oxygen atoms in total. The number of aryl methyl sites for hydroxylation is 2. The number of hydrogen-bond acceptors (Lipinski definition) is 3. The van der Waals surface area contributed by atoms with Gasteiger partial charge in [-0.05, 0) is 55.3 Å². The van der Waals surface area contributed by atoms with Gasteiger partial charge in [-0.3, -0.25) is 4.79 Å². The molecule has 4 heteroatoms. The molecule has 2 aromatic carbocycles. The highest BCUT2D eigenvalue weighted by atomic mass is 16.5. The van der Waals surface area contributed by atoms with Crippen molar-refractivity contribution in [2.45, 2.75) is 13.8 Å². The number of nitrogens with zero attached hydrogens (tertiary/aromatic N) is 2. The van der Waals surface area contributed by atoms with Crippen LogP contribution in [0.3, 0.4) is 0 Å². The summed E-state index contributed by atoms with van der Waals surface area (Å²) in [6, 6.07) is 14.0. The van der Waals surface area contributed by atoms with Gasteiger partial charge in [0.05, 0.1) is 7.11 Å². The third-order valence-electron chi connectivity index (χ3n) is 4.46. The zero-order chi connectivity index (χ0) is 17.1. The van der Waals surface area contributed by atoms with Crippen LogP contribution in [0.25, 0.3) is 0 Å². The van der Waals surface area contributed by atoms with E-state index >= 15 is 0 Å². The second-order valence-electron chi connectivity index (χ2n) is 6.36. The summed E-state index contributed by atoms with van der Waals surface area (Å²) in [6.45, 7) is 7.45. The Hall–Kier alpha value is -2.49. The predicted octanol–water partition coefficient (Wildman–Crippen LogP) is 3.27. The van der Waals surface area contributed by atoms with Crippen molar-refractivity contribution in [3.05, 3.63) is 59.2 Å². The van der Waals surface area contributed by atoms with Crippen molar-refractivity contribution in [1.82, 2.24) is 4.90 Å². The maximum Gasteiger partial charge on any atom is 0.254 e. The second kappa shape index (κ2) is 6.95. The molecule has 0 aliphatic carbocycles. The fourth-order valence-electron chi connectivity index (χ4n) is 3.24. The molecule has 1 heterocycles. The first-order chi connectivity index (χ1) is 11.6. The number of piperazine rings is 1. The van der Waals surface area contributed by atoms with E-state index in [4.69, 9.17) is 4.74 Å². The van der Waals surface area contributed by atoms with Gasteiger partial charge in [-0.15, -0.1) is 0 Å². The van der Waals surface area contributed by atoms with E-state index in [2.05, 4.69) is 36.9 Å². The highest BCUT2D eigenvalue weighted by Gasteiger charge is 2.22. The van der Waals surface area contributed by atoms with Crippen molar-refractivity contribution in [2.24, 2.45) is 0 Å². The van der Waals surface area contributed by atoms with E-state index in [1.54, 1.807) is 13.2 Å². The molecule has 2 aromatic rings. The first kappa shape index (κ1) is 16.4. The number of rotatable bonds is 3. The van der Waals surface area contributed by atoms with E-state index in [-0.39, 0.29) is 5.91 Å². The molecular weight excluding hydrogens is 300 g/mol. The van der Waals surface area contributed by atoms with Crippen molar-refractivity contribution in [3.8, 4) is 5.75 Å². The van der Waals surface area contributed by atoms with Crippen molar-refractivity contribution in [3.63, 3.8) is 0 Å². The number of ether oxygens (including phenoxy) is 1. The minimum Gasteiger partial charge on any atom is -0.497 e. The van der Waals surface area contributed by atoms with Gasteiger partial charge in [0.2, 0.25) is 0 Å². The van der Waals surface area contributed by atoms with E-state index in [1.165, 1.54) is 16.8 Å². The third kappa shape index (κ3) is 3.53. The standard InChI is InChI=1S/C20H24N2O2/c1-15-11-16(2)13-18(12-15)21-7-9-22(10-8-21)20(23)17-5-4-6-19(14-17)24-3/h4-6,11-14H,7-10H2,1-3H3. The molecule has 0 atom stereocenters. The summed E-state index contributed by atoms with van der Waals surface area (Å²) in [6.07, 6.45) is 0. The quantitative estimate of drug-likeness (QED) is 0.869. The highest BCUT2D eigenvalue weighted by Crippen LogP contribution is 2.21. The summed E-state index contributed by atoms with van der Waals surface area (Å²) in [5, 5.41) is 0. The summed E-state index contributed by atoms with van der Waals surface area (Å²) in [5.74, 6) is 0.795. The Balaban J connectivity index is 1.67. The van der Waals surface area contributed by atoms with E-state index < -0.39 is 0 Å². The lowest BCUT2D eigenvalue weighted by molar-refractivity contribution is 0.0746. The Morgan fingerprint density at radius 3 is 2.25 bits per heavy atom. The third-order valence-corrected chi connectivity index (χ3v) is 4.46. The van der Waals surface area contributed by atoms with Crippen molar-refractivity contribution in [2.75, 3.05) is 38.2 Å². The molecule has 1 aliphatic rings. The molecule has 0 unspecified atom stereocenters. The van der Waals surface area contributed by atoms with Crippen LogP contribution in [0, 0.1) is 13.8 Å². The lowest BCUT2D eigenvalue weighted by Crippen LogP contribution is -2.48. The molecular formula is C20H24N2O2. The molecule has 24 heavy (non-hydrogen) atoms. The SMILES string of the molecule is COc1cccc(C(=O)N2CCN(c3cc(C)cc(C)c3)CC2)c1. The minimum absolute atomic E-state index is 0.0778. The van der Waals surface area contributed by atoms with Gasteiger partial charge >= 0.3 is 0 Å². The molecule has 0 bridgehead atoms. The van der Waals surface area contributed by atoms with E-state index in [0.29, 0.717) is 5.56 Å². The predicted molar refractivity (Wildman–Crippen MR) is 97.0 cm³/mol. The van der Waals surface area contributed by atoms with Gasteiger partial charge in [-0.1, -0.05) is 12.1 Å². The van der Waals surface area contributed by atoms with Gasteiger partial charge in [0.1, 0.15) is 5.75 Å². The van der Waals surface area contributed by atoms with Crippen molar-refractivity contribution in [1.29, 1.82) is 0 Å². The van der Waals surface area contributed by atoms with Crippen LogP contribution >= 0.6 is 0 Å². The Bertz CT molecular complexity index is 714. The topological polar surface area (TPSA) is 32.8 Å². The molecule has 1 saturated heterocycles. The van der Waals surface area contributed by atoms with Gasteiger partial charge in [0, 0.05) is 37.4 Å².